The molecule has 0 heterocycles. The molecule has 1 aromatic rings. The van der Waals surface area contributed by atoms with Crippen molar-refractivity contribution in [3.63, 3.8) is 0 Å². The van der Waals surface area contributed by atoms with Crippen LogP contribution >= 0.6 is 0 Å². The van der Waals surface area contributed by atoms with Crippen LogP contribution in [0.4, 0.5) is 5.69 Å². The molecule has 2 aliphatic rings. The molecule has 0 aliphatic heterocycles. The minimum atomic E-state index is -0.341. The summed E-state index contributed by atoms with van der Waals surface area (Å²) in [5.74, 6) is 0.751. The summed E-state index contributed by atoms with van der Waals surface area (Å²) in [6.45, 7) is 12.9. The quantitative estimate of drug-likeness (QED) is 0.788. The summed E-state index contributed by atoms with van der Waals surface area (Å²) in [4.78, 5) is 12.9. The second-order valence-corrected chi connectivity index (χ2v) is 7.55. The monoisotopic (exact) mass is 283 g/mol. The molecule has 0 saturated heterocycles. The number of nitrogens with one attached hydrogen (secondary N) is 1. The molecule has 2 saturated carbocycles. The number of aryl methyl sites for hydroxylation is 2. The summed E-state index contributed by atoms with van der Waals surface area (Å²) in [5, 5.41) is 3.15. The maximum absolute atomic E-state index is 12.9. The first kappa shape index (κ1) is 14.4. The lowest BCUT2D eigenvalue weighted by Gasteiger charge is -2.37. The number of hydrogen-bond donors (Lipinski definition) is 1. The van der Waals surface area contributed by atoms with Gasteiger partial charge in [0.15, 0.2) is 0 Å². The van der Waals surface area contributed by atoms with Gasteiger partial charge in [0.1, 0.15) is 0 Å². The van der Waals surface area contributed by atoms with Gasteiger partial charge in [-0.05, 0) is 67.7 Å². The minimum absolute atomic E-state index is 0.0953. The molecule has 1 amide bonds. The molecule has 1 N–H and O–H groups in total. The average molecular weight is 283 g/mol. The van der Waals surface area contributed by atoms with E-state index < -0.39 is 0 Å². The number of carbonyl (C=O) groups is 1. The zero-order valence-electron chi connectivity index (χ0n) is 13.5. The molecule has 0 radical (unpaired) electrons. The van der Waals surface area contributed by atoms with Crippen LogP contribution in [0.1, 0.15) is 44.2 Å². The second-order valence-electron chi connectivity index (χ2n) is 7.55. The van der Waals surface area contributed by atoms with Crippen molar-refractivity contribution in [2.24, 2.45) is 16.7 Å². The van der Waals surface area contributed by atoms with Gasteiger partial charge in [-0.3, -0.25) is 4.79 Å². The van der Waals surface area contributed by atoms with Crippen LogP contribution < -0.4 is 5.32 Å². The van der Waals surface area contributed by atoms with E-state index in [1.165, 1.54) is 11.1 Å². The van der Waals surface area contributed by atoms with Crippen molar-refractivity contribution in [3.05, 3.63) is 41.5 Å². The van der Waals surface area contributed by atoms with Gasteiger partial charge < -0.3 is 5.32 Å². The molecule has 2 fully saturated rings. The van der Waals surface area contributed by atoms with Gasteiger partial charge in [0, 0.05) is 5.69 Å². The number of benzene rings is 1. The Hall–Kier alpha value is -1.57. The van der Waals surface area contributed by atoms with E-state index in [0.29, 0.717) is 5.92 Å². The van der Waals surface area contributed by atoms with Crippen molar-refractivity contribution in [1.82, 2.24) is 0 Å². The molecule has 2 bridgehead atoms. The fraction of sp³-hybridized carbons (Fsp3) is 0.526. The Labute approximate surface area is 127 Å². The lowest BCUT2D eigenvalue weighted by Crippen LogP contribution is -2.37. The third-order valence-electron chi connectivity index (χ3n) is 5.80. The topological polar surface area (TPSA) is 29.1 Å². The summed E-state index contributed by atoms with van der Waals surface area (Å²) >= 11 is 0. The summed E-state index contributed by atoms with van der Waals surface area (Å²) in [5.41, 5.74) is 4.15. The van der Waals surface area contributed by atoms with Crippen molar-refractivity contribution >= 4 is 11.6 Å². The van der Waals surface area contributed by atoms with Crippen LogP contribution in [0, 0.1) is 30.6 Å². The number of anilines is 1. The highest BCUT2D eigenvalue weighted by Crippen LogP contribution is 2.65. The molecule has 0 aromatic heterocycles. The highest BCUT2D eigenvalue weighted by Gasteiger charge is 2.60. The van der Waals surface area contributed by atoms with Crippen molar-refractivity contribution in [3.8, 4) is 0 Å². The summed E-state index contributed by atoms with van der Waals surface area (Å²) in [7, 11) is 0. The van der Waals surface area contributed by atoms with Crippen LogP contribution in [-0.4, -0.2) is 5.91 Å². The Morgan fingerprint density at radius 2 is 1.86 bits per heavy atom. The first-order valence-electron chi connectivity index (χ1n) is 7.85. The van der Waals surface area contributed by atoms with Gasteiger partial charge >= 0.3 is 0 Å². The highest BCUT2D eigenvalue weighted by atomic mass is 16.2. The van der Waals surface area contributed by atoms with Gasteiger partial charge in [-0.2, -0.15) is 0 Å². The summed E-state index contributed by atoms with van der Waals surface area (Å²) in [6, 6.07) is 6.20. The molecule has 2 nitrogen and oxygen atoms in total. The Morgan fingerprint density at radius 3 is 2.38 bits per heavy atom. The number of hydrogen-bond acceptors (Lipinski definition) is 1. The molecule has 0 spiro atoms. The van der Waals surface area contributed by atoms with Crippen LogP contribution in [0.25, 0.3) is 0 Å². The Balaban J connectivity index is 1.88. The molecule has 2 atom stereocenters. The van der Waals surface area contributed by atoms with E-state index >= 15 is 0 Å². The largest absolute Gasteiger partial charge is 0.325 e. The van der Waals surface area contributed by atoms with Crippen molar-refractivity contribution in [2.75, 3.05) is 5.32 Å². The first-order valence-corrected chi connectivity index (χ1v) is 7.85. The number of amides is 1. The van der Waals surface area contributed by atoms with E-state index in [0.717, 1.165) is 30.5 Å². The number of rotatable bonds is 2. The molecule has 112 valence electrons. The second kappa shape index (κ2) is 4.46. The number of carbonyl (C=O) groups excluding carboxylic acids is 1. The molecule has 1 aromatic carbocycles. The molecule has 21 heavy (non-hydrogen) atoms. The van der Waals surface area contributed by atoms with Crippen LogP contribution in [0.2, 0.25) is 0 Å². The predicted molar refractivity (Wildman–Crippen MR) is 87.2 cm³/mol. The van der Waals surface area contributed by atoms with E-state index in [9.17, 15) is 4.79 Å². The summed E-state index contributed by atoms with van der Waals surface area (Å²) < 4.78 is 0. The van der Waals surface area contributed by atoms with Gasteiger partial charge in [-0.25, -0.2) is 0 Å². The van der Waals surface area contributed by atoms with Gasteiger partial charge in [0.05, 0.1) is 5.41 Å². The normalized spacial score (nSPS) is 29.7. The standard InChI is InChI=1S/C19H25NO/c1-12-8-13(2)10-16(9-12)20-17(21)19-7-6-15(11-19)18(4,5)14(19)3/h8-10,15H,3,6-7,11H2,1-2,4-5H3,(H,20,21)/t15-,19+/m0/s1. The Morgan fingerprint density at radius 1 is 1.24 bits per heavy atom. The first-order chi connectivity index (χ1) is 9.75. The van der Waals surface area contributed by atoms with E-state index in [-0.39, 0.29) is 16.7 Å². The molecule has 2 heteroatoms. The summed E-state index contributed by atoms with van der Waals surface area (Å²) in [6.07, 6.45) is 3.07. The predicted octanol–water partition coefficient (Wildman–Crippen LogP) is 4.62. The SMILES string of the molecule is C=C1C(C)(C)[C@H]2CC[C@@]1(C(=O)Nc1cc(C)cc(C)c1)C2. The third-order valence-corrected chi connectivity index (χ3v) is 5.80. The van der Waals surface area contributed by atoms with Gasteiger partial charge in [0.2, 0.25) is 5.91 Å². The maximum atomic E-state index is 12.9. The zero-order chi connectivity index (χ0) is 15.4. The zero-order valence-corrected chi connectivity index (χ0v) is 13.5. The van der Waals surface area contributed by atoms with Crippen LogP contribution in [0.3, 0.4) is 0 Å². The molecular formula is C19H25NO. The molecular weight excluding hydrogens is 258 g/mol. The lowest BCUT2D eigenvalue weighted by molar-refractivity contribution is -0.123. The Bertz CT molecular complexity index is 608. The van der Waals surface area contributed by atoms with Gasteiger partial charge in [0.25, 0.3) is 0 Å². The van der Waals surface area contributed by atoms with E-state index in [1.54, 1.807) is 0 Å². The van der Waals surface area contributed by atoms with Crippen molar-refractivity contribution < 1.29 is 4.79 Å². The molecule has 2 aliphatic carbocycles. The molecule has 3 rings (SSSR count). The smallest absolute Gasteiger partial charge is 0.234 e. The van der Waals surface area contributed by atoms with Crippen LogP contribution in [0.5, 0.6) is 0 Å². The number of fused-ring (bicyclic) bond motifs is 2. The highest BCUT2D eigenvalue weighted by molar-refractivity contribution is 5.98. The third kappa shape index (κ3) is 2.04. The molecule has 0 unspecified atom stereocenters. The van der Waals surface area contributed by atoms with Crippen LogP contribution in [-0.2, 0) is 4.79 Å². The van der Waals surface area contributed by atoms with E-state index in [2.05, 4.69) is 45.7 Å². The fourth-order valence-electron chi connectivity index (χ4n) is 4.44. The van der Waals surface area contributed by atoms with E-state index in [4.69, 9.17) is 0 Å². The van der Waals surface area contributed by atoms with Gasteiger partial charge in [-0.1, -0.05) is 32.1 Å². The maximum Gasteiger partial charge on any atom is 0.234 e. The average Bonchev–Trinajstić information content (AvgIpc) is 2.89. The van der Waals surface area contributed by atoms with Crippen molar-refractivity contribution in [1.29, 1.82) is 0 Å². The minimum Gasteiger partial charge on any atom is -0.325 e. The lowest BCUT2D eigenvalue weighted by atomic mass is 9.68. The van der Waals surface area contributed by atoms with Crippen LogP contribution in [0.15, 0.2) is 30.4 Å². The van der Waals surface area contributed by atoms with E-state index in [1.807, 2.05) is 12.1 Å². The Kier molecular flexibility index (Phi) is 3.05. The van der Waals surface area contributed by atoms with Crippen molar-refractivity contribution in [2.45, 2.75) is 47.0 Å². The van der Waals surface area contributed by atoms with Gasteiger partial charge in [-0.15, -0.1) is 0 Å². The fourth-order valence-corrected chi connectivity index (χ4v) is 4.44.